The molecule has 2 atom stereocenters. The number of nitrogens with zero attached hydrogens (tertiary/aromatic N) is 2. The van der Waals surface area contributed by atoms with Gasteiger partial charge in [-0.15, -0.1) is 0 Å². The van der Waals surface area contributed by atoms with Crippen molar-refractivity contribution in [2.75, 3.05) is 23.0 Å². The number of para-hydroxylation sites is 1. The van der Waals surface area contributed by atoms with Crippen LogP contribution < -0.4 is 4.90 Å². The number of hydrogen-bond acceptors (Lipinski definition) is 3. The summed E-state index contributed by atoms with van der Waals surface area (Å²) in [6.07, 6.45) is 2.11. The van der Waals surface area contributed by atoms with Gasteiger partial charge in [0, 0.05) is 12.2 Å². The van der Waals surface area contributed by atoms with E-state index >= 15 is 0 Å². The van der Waals surface area contributed by atoms with Gasteiger partial charge in [-0.25, -0.2) is 8.42 Å². The van der Waals surface area contributed by atoms with Crippen molar-refractivity contribution in [2.45, 2.75) is 31.8 Å². The number of rotatable bonds is 4. The normalized spacial score (nSPS) is 27.2. The molecule has 2 heterocycles. The summed E-state index contributed by atoms with van der Waals surface area (Å²) in [6, 6.07) is 9.85. The van der Waals surface area contributed by atoms with Gasteiger partial charge in [-0.3, -0.25) is 0 Å². The van der Waals surface area contributed by atoms with Gasteiger partial charge in [0.15, 0.2) is 14.9 Å². The molecule has 0 radical (unpaired) electrons. The van der Waals surface area contributed by atoms with Gasteiger partial charge in [0.1, 0.15) is 0 Å². The molecule has 2 fully saturated rings. The monoisotopic (exact) mass is 324 g/mol. The maximum absolute atomic E-state index is 12.1. The molecule has 6 heteroatoms. The second-order valence-corrected chi connectivity index (χ2v) is 8.27. The summed E-state index contributed by atoms with van der Waals surface area (Å²) in [7, 11) is -2.97. The van der Waals surface area contributed by atoms with Gasteiger partial charge >= 0.3 is 0 Å². The van der Waals surface area contributed by atoms with E-state index in [-0.39, 0.29) is 23.6 Å². The Labute approximate surface area is 131 Å². The number of fused-ring (bicyclic) bond motifs is 1. The van der Waals surface area contributed by atoms with Crippen LogP contribution in [-0.4, -0.2) is 48.6 Å². The molecule has 0 saturated carbocycles. The second kappa shape index (κ2) is 5.57. The van der Waals surface area contributed by atoms with Gasteiger partial charge in [-0.2, -0.15) is 0 Å². The summed E-state index contributed by atoms with van der Waals surface area (Å²) in [5.74, 6) is 0.431. The number of anilines is 1. The molecule has 1 aromatic carbocycles. The van der Waals surface area contributed by atoms with Crippen LogP contribution in [0.4, 0.5) is 5.69 Å². The predicted octanol–water partition coefficient (Wildman–Crippen LogP) is 2.06. The molecule has 1 aromatic rings. The number of unbranched alkanes of at least 4 members (excludes halogenated alkanes) is 1. The maximum atomic E-state index is 12.1. The predicted molar refractivity (Wildman–Crippen MR) is 89.4 cm³/mol. The van der Waals surface area contributed by atoms with Gasteiger partial charge < -0.3 is 9.80 Å². The van der Waals surface area contributed by atoms with Crippen molar-refractivity contribution < 1.29 is 8.42 Å². The Kier molecular flexibility index (Phi) is 3.92. The Morgan fingerprint density at radius 3 is 2.52 bits per heavy atom. The molecule has 114 valence electrons. The molecule has 21 heavy (non-hydrogen) atoms. The molecule has 0 aliphatic carbocycles. The van der Waals surface area contributed by atoms with Crippen LogP contribution in [0.25, 0.3) is 0 Å². The molecule has 0 bridgehead atoms. The van der Waals surface area contributed by atoms with E-state index < -0.39 is 9.84 Å². The maximum Gasteiger partial charge on any atom is 0.176 e. The third-order valence-corrected chi connectivity index (χ3v) is 6.39. The highest BCUT2D eigenvalue weighted by Gasteiger charge is 2.51. The summed E-state index contributed by atoms with van der Waals surface area (Å²) in [5, 5.41) is 0.777. The second-order valence-electron chi connectivity index (χ2n) is 5.75. The van der Waals surface area contributed by atoms with Crippen molar-refractivity contribution >= 4 is 32.9 Å². The first kappa shape index (κ1) is 14.8. The fraction of sp³-hybridized carbons (Fsp3) is 0.533. The Morgan fingerprint density at radius 2 is 1.86 bits per heavy atom. The van der Waals surface area contributed by atoms with Crippen molar-refractivity contribution in [1.82, 2.24) is 4.90 Å². The molecule has 0 N–H and O–H groups in total. The Morgan fingerprint density at radius 1 is 1.19 bits per heavy atom. The summed E-state index contributed by atoms with van der Waals surface area (Å²) in [4.78, 5) is 4.17. The minimum atomic E-state index is -2.97. The molecule has 0 amide bonds. The minimum absolute atomic E-state index is 0.00857. The zero-order chi connectivity index (χ0) is 15.0. The summed E-state index contributed by atoms with van der Waals surface area (Å²) < 4.78 is 24.1. The summed E-state index contributed by atoms with van der Waals surface area (Å²) in [5.41, 5.74) is 0.994. The lowest BCUT2D eigenvalue weighted by molar-refractivity contribution is 0.351. The van der Waals surface area contributed by atoms with Gasteiger partial charge in [0.05, 0.1) is 23.6 Å². The van der Waals surface area contributed by atoms with Crippen molar-refractivity contribution in [2.24, 2.45) is 0 Å². The van der Waals surface area contributed by atoms with Crippen LogP contribution in [0.2, 0.25) is 0 Å². The number of sulfone groups is 1. The quantitative estimate of drug-likeness (QED) is 0.793. The molecular formula is C15H20N2O2S2. The van der Waals surface area contributed by atoms with Crippen molar-refractivity contribution in [3.8, 4) is 0 Å². The molecule has 2 saturated heterocycles. The van der Waals surface area contributed by atoms with Crippen LogP contribution in [0.5, 0.6) is 0 Å². The molecule has 0 aromatic heterocycles. The van der Waals surface area contributed by atoms with Gasteiger partial charge in [-0.05, 0) is 30.8 Å². The van der Waals surface area contributed by atoms with Gasteiger partial charge in [-0.1, -0.05) is 31.5 Å². The smallest absolute Gasteiger partial charge is 0.176 e. The van der Waals surface area contributed by atoms with Crippen LogP contribution in [0.15, 0.2) is 30.3 Å². The number of hydrogen-bond donors (Lipinski definition) is 0. The summed E-state index contributed by atoms with van der Waals surface area (Å²) >= 11 is 5.64. The molecule has 0 unspecified atom stereocenters. The lowest BCUT2D eigenvalue weighted by atomic mass is 10.1. The van der Waals surface area contributed by atoms with E-state index in [1.165, 1.54) is 0 Å². The van der Waals surface area contributed by atoms with Gasteiger partial charge in [0.2, 0.25) is 0 Å². The topological polar surface area (TPSA) is 40.6 Å². The minimum Gasteiger partial charge on any atom is -0.343 e. The van der Waals surface area contributed by atoms with Crippen LogP contribution in [0.3, 0.4) is 0 Å². The molecule has 4 nitrogen and oxygen atoms in total. The largest absolute Gasteiger partial charge is 0.343 e. The van der Waals surface area contributed by atoms with Crippen molar-refractivity contribution in [3.63, 3.8) is 0 Å². The SMILES string of the molecule is CCCCN1C(=S)N(c2ccccc2)[C@H]2CS(=O)(=O)C[C@@H]21. The average Bonchev–Trinajstić information content (AvgIpc) is 2.87. The third kappa shape index (κ3) is 2.66. The van der Waals surface area contributed by atoms with Crippen molar-refractivity contribution in [1.29, 1.82) is 0 Å². The van der Waals surface area contributed by atoms with E-state index in [9.17, 15) is 8.42 Å². The van der Waals surface area contributed by atoms with Gasteiger partial charge in [0.25, 0.3) is 0 Å². The van der Waals surface area contributed by atoms with Crippen LogP contribution in [0, 0.1) is 0 Å². The Bertz CT molecular complexity index is 630. The fourth-order valence-electron chi connectivity index (χ4n) is 3.26. The number of benzene rings is 1. The highest BCUT2D eigenvalue weighted by molar-refractivity contribution is 7.91. The van der Waals surface area contributed by atoms with Crippen molar-refractivity contribution in [3.05, 3.63) is 30.3 Å². The van der Waals surface area contributed by atoms with E-state index in [1.807, 2.05) is 35.2 Å². The molecule has 0 spiro atoms. The van der Waals surface area contributed by atoms with Crippen LogP contribution in [0.1, 0.15) is 19.8 Å². The average molecular weight is 324 g/mol. The summed E-state index contributed by atoms with van der Waals surface area (Å²) in [6.45, 7) is 2.98. The fourth-order valence-corrected chi connectivity index (χ4v) is 5.67. The standard InChI is InChI=1S/C15H20N2O2S2/c1-2-3-9-16-13-10-21(18,19)11-14(13)17(15(16)20)12-7-5-4-6-8-12/h4-8,13-14H,2-3,9-11H2,1H3/t13-,14-/m0/s1. The first-order valence-corrected chi connectivity index (χ1v) is 9.62. The van der Waals surface area contributed by atoms with E-state index in [2.05, 4.69) is 11.8 Å². The molecule has 3 rings (SSSR count). The third-order valence-electron chi connectivity index (χ3n) is 4.26. The van der Waals surface area contributed by atoms with E-state index in [1.54, 1.807) is 0 Å². The van der Waals surface area contributed by atoms with E-state index in [0.29, 0.717) is 0 Å². The molecule has 2 aliphatic rings. The van der Waals surface area contributed by atoms with Crippen LogP contribution in [-0.2, 0) is 9.84 Å². The highest BCUT2D eigenvalue weighted by Crippen LogP contribution is 2.35. The Balaban J connectivity index is 1.95. The zero-order valence-electron chi connectivity index (χ0n) is 12.1. The number of thiocarbonyl (C=S) groups is 1. The highest BCUT2D eigenvalue weighted by atomic mass is 32.2. The first-order valence-electron chi connectivity index (χ1n) is 7.39. The van der Waals surface area contributed by atoms with Crippen LogP contribution >= 0.6 is 12.2 Å². The van der Waals surface area contributed by atoms with E-state index in [0.717, 1.165) is 30.2 Å². The lowest BCUT2D eigenvalue weighted by Gasteiger charge is -2.25. The molecule has 2 aliphatic heterocycles. The van der Waals surface area contributed by atoms with E-state index in [4.69, 9.17) is 12.2 Å². The first-order chi connectivity index (χ1) is 10.0. The lowest BCUT2D eigenvalue weighted by Crippen LogP contribution is -2.38. The zero-order valence-corrected chi connectivity index (χ0v) is 13.7. The molecular weight excluding hydrogens is 304 g/mol. The Hall–Kier alpha value is -1.14.